The summed E-state index contributed by atoms with van der Waals surface area (Å²) in [6.07, 6.45) is 4.47. The molecule has 1 aromatic rings. The maximum Gasteiger partial charge on any atom is 0.243 e. The van der Waals surface area contributed by atoms with E-state index in [1.165, 1.54) is 10.5 Å². The van der Waals surface area contributed by atoms with E-state index in [1.54, 1.807) is 20.3 Å². The first-order chi connectivity index (χ1) is 9.63. The molecular formula is C14H23N5O. The second kappa shape index (κ2) is 8.90. The fraction of sp³-hybridized carbons (Fsp3) is 0.500. The Bertz CT molecular complexity index is 430. The number of amides is 1. The molecule has 1 rings (SSSR count). The molecule has 6 nitrogen and oxygen atoms in total. The van der Waals surface area contributed by atoms with Crippen molar-refractivity contribution in [3.8, 4) is 0 Å². The fourth-order valence-corrected chi connectivity index (χ4v) is 1.50. The average molecular weight is 277 g/mol. The van der Waals surface area contributed by atoms with Crippen LogP contribution in [0.2, 0.25) is 0 Å². The monoisotopic (exact) mass is 277 g/mol. The quantitative estimate of drug-likeness (QED) is 0.578. The third-order valence-electron chi connectivity index (χ3n) is 2.64. The molecule has 0 atom stereocenters. The first-order valence-electron chi connectivity index (χ1n) is 6.74. The number of guanidine groups is 1. The summed E-state index contributed by atoms with van der Waals surface area (Å²) in [5.41, 5.74) is 1.17. The van der Waals surface area contributed by atoms with Gasteiger partial charge in [0.15, 0.2) is 5.96 Å². The van der Waals surface area contributed by atoms with Crippen molar-refractivity contribution >= 4 is 11.9 Å². The van der Waals surface area contributed by atoms with Crippen LogP contribution in [0.15, 0.2) is 29.5 Å². The van der Waals surface area contributed by atoms with Gasteiger partial charge in [-0.3, -0.25) is 9.78 Å². The minimum Gasteiger partial charge on any atom is -0.357 e. The van der Waals surface area contributed by atoms with Crippen LogP contribution >= 0.6 is 0 Å². The lowest BCUT2D eigenvalue weighted by molar-refractivity contribution is -0.127. The van der Waals surface area contributed by atoms with Crippen LogP contribution in [0.4, 0.5) is 0 Å². The molecule has 0 fully saturated rings. The lowest BCUT2D eigenvalue weighted by Crippen LogP contribution is -2.39. The zero-order chi connectivity index (χ0) is 14.8. The summed E-state index contributed by atoms with van der Waals surface area (Å²) in [5.74, 6) is 0.640. The fourth-order valence-electron chi connectivity index (χ4n) is 1.50. The topological polar surface area (TPSA) is 69.6 Å². The highest BCUT2D eigenvalue weighted by molar-refractivity contribution is 5.84. The zero-order valence-electron chi connectivity index (χ0n) is 12.4. The molecule has 0 unspecified atom stereocenters. The number of carbonyl (C=O) groups is 1. The van der Waals surface area contributed by atoms with Gasteiger partial charge in [-0.2, -0.15) is 0 Å². The summed E-state index contributed by atoms with van der Waals surface area (Å²) in [6.45, 7) is 3.64. The molecule has 0 spiro atoms. The maximum absolute atomic E-state index is 11.5. The SMILES string of the molecule is CCNC(=NCC(=O)N(C)C)NCCc1cccnc1. The van der Waals surface area contributed by atoms with Crippen LogP contribution in [0.5, 0.6) is 0 Å². The summed E-state index contributed by atoms with van der Waals surface area (Å²) >= 11 is 0. The number of aromatic nitrogens is 1. The highest BCUT2D eigenvalue weighted by Gasteiger charge is 2.03. The molecule has 1 heterocycles. The molecule has 0 radical (unpaired) electrons. The van der Waals surface area contributed by atoms with E-state index in [9.17, 15) is 4.79 Å². The van der Waals surface area contributed by atoms with Gasteiger partial charge in [0.1, 0.15) is 6.54 Å². The van der Waals surface area contributed by atoms with Crippen molar-refractivity contribution < 1.29 is 4.79 Å². The molecule has 1 amide bonds. The molecule has 1 aromatic heterocycles. The average Bonchev–Trinajstić information content (AvgIpc) is 2.45. The van der Waals surface area contributed by atoms with Gasteiger partial charge < -0.3 is 15.5 Å². The number of pyridine rings is 1. The van der Waals surface area contributed by atoms with Crippen molar-refractivity contribution in [2.24, 2.45) is 4.99 Å². The Labute approximate surface area is 120 Å². The molecule has 0 aliphatic rings. The van der Waals surface area contributed by atoms with Gasteiger partial charge in [0.25, 0.3) is 0 Å². The van der Waals surface area contributed by atoms with E-state index >= 15 is 0 Å². The van der Waals surface area contributed by atoms with E-state index in [1.807, 2.05) is 25.3 Å². The second-order valence-corrected chi connectivity index (χ2v) is 4.52. The van der Waals surface area contributed by atoms with E-state index in [-0.39, 0.29) is 12.5 Å². The number of hydrogen-bond donors (Lipinski definition) is 2. The Morgan fingerprint density at radius 1 is 1.40 bits per heavy atom. The van der Waals surface area contributed by atoms with Crippen LogP contribution in [0.1, 0.15) is 12.5 Å². The van der Waals surface area contributed by atoms with Crippen LogP contribution in [-0.2, 0) is 11.2 Å². The van der Waals surface area contributed by atoms with Gasteiger partial charge in [-0.05, 0) is 25.0 Å². The van der Waals surface area contributed by atoms with Crippen LogP contribution in [0.3, 0.4) is 0 Å². The van der Waals surface area contributed by atoms with Gasteiger partial charge >= 0.3 is 0 Å². The molecule has 0 aliphatic carbocycles. The molecular weight excluding hydrogens is 254 g/mol. The van der Waals surface area contributed by atoms with Crippen molar-refractivity contribution in [3.63, 3.8) is 0 Å². The summed E-state index contributed by atoms with van der Waals surface area (Å²) in [7, 11) is 3.45. The largest absolute Gasteiger partial charge is 0.357 e. The molecule has 0 saturated heterocycles. The van der Waals surface area contributed by atoms with E-state index in [2.05, 4.69) is 20.6 Å². The standard InChI is InChI=1S/C14H23N5O/c1-4-16-14(18-11-13(20)19(2)3)17-9-7-12-6-5-8-15-10-12/h5-6,8,10H,4,7,9,11H2,1-3H3,(H2,16,17,18). The second-order valence-electron chi connectivity index (χ2n) is 4.52. The molecule has 20 heavy (non-hydrogen) atoms. The Morgan fingerprint density at radius 2 is 2.20 bits per heavy atom. The molecule has 0 saturated carbocycles. The lowest BCUT2D eigenvalue weighted by Gasteiger charge is -2.12. The van der Waals surface area contributed by atoms with E-state index < -0.39 is 0 Å². The number of rotatable bonds is 6. The third-order valence-corrected chi connectivity index (χ3v) is 2.64. The normalized spacial score (nSPS) is 11.1. The van der Waals surface area contributed by atoms with Gasteiger partial charge in [0.2, 0.25) is 5.91 Å². The Balaban J connectivity index is 2.42. The van der Waals surface area contributed by atoms with Gasteiger partial charge in [0.05, 0.1) is 0 Å². The highest BCUT2D eigenvalue weighted by atomic mass is 16.2. The zero-order valence-corrected chi connectivity index (χ0v) is 12.4. The van der Waals surface area contributed by atoms with Gasteiger partial charge in [-0.1, -0.05) is 6.07 Å². The number of hydrogen-bond acceptors (Lipinski definition) is 3. The smallest absolute Gasteiger partial charge is 0.243 e. The Morgan fingerprint density at radius 3 is 2.80 bits per heavy atom. The summed E-state index contributed by atoms with van der Waals surface area (Å²) in [5, 5.41) is 6.32. The summed E-state index contributed by atoms with van der Waals surface area (Å²) in [4.78, 5) is 21.4. The molecule has 110 valence electrons. The van der Waals surface area contributed by atoms with Crippen molar-refractivity contribution in [2.75, 3.05) is 33.7 Å². The Hall–Kier alpha value is -2.11. The van der Waals surface area contributed by atoms with Crippen molar-refractivity contribution in [1.82, 2.24) is 20.5 Å². The Kier molecular flexibility index (Phi) is 7.10. The van der Waals surface area contributed by atoms with Crippen LogP contribution in [-0.4, -0.2) is 55.5 Å². The predicted octanol–water partition coefficient (Wildman–Crippen LogP) is 0.267. The van der Waals surface area contributed by atoms with Crippen molar-refractivity contribution in [3.05, 3.63) is 30.1 Å². The molecule has 0 aliphatic heterocycles. The number of aliphatic imine (C=N–C) groups is 1. The first kappa shape index (κ1) is 15.9. The van der Waals surface area contributed by atoms with Crippen LogP contribution < -0.4 is 10.6 Å². The van der Waals surface area contributed by atoms with Crippen LogP contribution in [0.25, 0.3) is 0 Å². The van der Waals surface area contributed by atoms with Gasteiger partial charge in [-0.15, -0.1) is 0 Å². The van der Waals surface area contributed by atoms with Crippen molar-refractivity contribution in [2.45, 2.75) is 13.3 Å². The molecule has 0 aromatic carbocycles. The third kappa shape index (κ3) is 6.17. The first-order valence-corrected chi connectivity index (χ1v) is 6.74. The number of nitrogens with zero attached hydrogens (tertiary/aromatic N) is 3. The number of likely N-dealkylation sites (N-methyl/N-ethyl adjacent to an activating group) is 1. The van der Waals surface area contributed by atoms with Crippen molar-refractivity contribution in [1.29, 1.82) is 0 Å². The maximum atomic E-state index is 11.5. The summed E-state index contributed by atoms with van der Waals surface area (Å²) in [6, 6.07) is 3.96. The van der Waals surface area contributed by atoms with E-state index in [4.69, 9.17) is 0 Å². The predicted molar refractivity (Wildman–Crippen MR) is 80.6 cm³/mol. The molecule has 2 N–H and O–H groups in total. The minimum atomic E-state index is -0.0190. The number of nitrogens with one attached hydrogen (secondary N) is 2. The molecule has 0 bridgehead atoms. The van der Waals surface area contributed by atoms with Gasteiger partial charge in [-0.25, -0.2) is 4.99 Å². The summed E-state index contributed by atoms with van der Waals surface area (Å²) < 4.78 is 0. The van der Waals surface area contributed by atoms with Crippen LogP contribution in [0, 0.1) is 0 Å². The molecule has 6 heteroatoms. The minimum absolute atomic E-state index is 0.0190. The lowest BCUT2D eigenvalue weighted by atomic mass is 10.2. The highest BCUT2D eigenvalue weighted by Crippen LogP contribution is 1.95. The van der Waals surface area contributed by atoms with Gasteiger partial charge in [0, 0.05) is 39.6 Å². The number of carbonyl (C=O) groups excluding carboxylic acids is 1. The van der Waals surface area contributed by atoms with E-state index in [0.717, 1.165) is 19.5 Å². The van der Waals surface area contributed by atoms with E-state index in [0.29, 0.717) is 5.96 Å².